The Hall–Kier alpha value is -2.71. The third-order valence-electron chi connectivity index (χ3n) is 4.26. The number of ether oxygens (including phenoxy) is 1. The van der Waals surface area contributed by atoms with Crippen LogP contribution in [0.15, 0.2) is 53.4 Å². The lowest BCUT2D eigenvalue weighted by Crippen LogP contribution is -2.43. The molecule has 2 aromatic rings. The van der Waals surface area contributed by atoms with Crippen LogP contribution in [0.3, 0.4) is 0 Å². The van der Waals surface area contributed by atoms with E-state index in [0.29, 0.717) is 5.56 Å². The highest BCUT2D eigenvalue weighted by molar-refractivity contribution is 7.89. The summed E-state index contributed by atoms with van der Waals surface area (Å²) in [6, 6.07) is 12.7. The van der Waals surface area contributed by atoms with E-state index in [2.05, 4.69) is 10.0 Å². The fourth-order valence-corrected chi connectivity index (χ4v) is 3.88. The van der Waals surface area contributed by atoms with Gasteiger partial charge >= 0.3 is 5.97 Å². The van der Waals surface area contributed by atoms with Crippen molar-refractivity contribution in [1.29, 1.82) is 0 Å². The van der Waals surface area contributed by atoms with E-state index in [0.717, 1.165) is 5.56 Å². The summed E-state index contributed by atoms with van der Waals surface area (Å²) in [6.07, 6.45) is 0.264. The molecule has 0 fully saturated rings. The Morgan fingerprint density at radius 1 is 1.07 bits per heavy atom. The third kappa shape index (κ3) is 6.13. The van der Waals surface area contributed by atoms with Gasteiger partial charge in [-0.15, -0.1) is 0 Å². The zero-order chi connectivity index (χ0) is 21.4. The summed E-state index contributed by atoms with van der Waals surface area (Å²) in [5, 5.41) is 2.69. The van der Waals surface area contributed by atoms with Gasteiger partial charge in [-0.2, -0.15) is 0 Å². The van der Waals surface area contributed by atoms with Crippen molar-refractivity contribution >= 4 is 21.9 Å². The van der Waals surface area contributed by atoms with Gasteiger partial charge in [-0.3, -0.25) is 4.79 Å². The topological polar surface area (TPSA) is 102 Å². The number of sulfonamides is 1. The van der Waals surface area contributed by atoms with Gasteiger partial charge < -0.3 is 10.1 Å². The van der Waals surface area contributed by atoms with Crippen LogP contribution in [-0.4, -0.2) is 39.5 Å². The van der Waals surface area contributed by atoms with Crippen LogP contribution in [-0.2, 0) is 26.0 Å². The first-order valence-electron chi connectivity index (χ1n) is 9.40. The maximum atomic E-state index is 12.9. The Morgan fingerprint density at radius 3 is 2.38 bits per heavy atom. The van der Waals surface area contributed by atoms with Crippen molar-refractivity contribution in [2.45, 2.75) is 38.1 Å². The van der Waals surface area contributed by atoms with Crippen molar-refractivity contribution in [3.8, 4) is 0 Å². The maximum Gasteiger partial charge on any atom is 0.328 e. The number of hydrogen-bond acceptors (Lipinski definition) is 5. The first kappa shape index (κ1) is 22.6. The number of nitrogens with one attached hydrogen (secondary N) is 2. The molecule has 2 N–H and O–H groups in total. The SMILES string of the molecule is CCNS(=O)(=O)c1ccc(C)c(C(=O)NC(Cc2ccccc2)C(=O)OCC)c1. The molecule has 8 heteroatoms. The Labute approximate surface area is 171 Å². The quantitative estimate of drug-likeness (QED) is 0.608. The smallest absolute Gasteiger partial charge is 0.328 e. The monoisotopic (exact) mass is 418 g/mol. The lowest BCUT2D eigenvalue weighted by molar-refractivity contribution is -0.145. The average molecular weight is 419 g/mol. The fraction of sp³-hybridized carbons (Fsp3) is 0.333. The molecule has 0 aliphatic heterocycles. The summed E-state index contributed by atoms with van der Waals surface area (Å²) in [7, 11) is -3.71. The van der Waals surface area contributed by atoms with Gasteiger partial charge in [0.1, 0.15) is 6.04 Å². The molecule has 1 atom stereocenters. The van der Waals surface area contributed by atoms with Gasteiger partial charge in [0.25, 0.3) is 5.91 Å². The van der Waals surface area contributed by atoms with Gasteiger partial charge in [0.2, 0.25) is 10.0 Å². The van der Waals surface area contributed by atoms with E-state index in [9.17, 15) is 18.0 Å². The predicted molar refractivity (Wildman–Crippen MR) is 110 cm³/mol. The van der Waals surface area contributed by atoms with Gasteiger partial charge in [-0.25, -0.2) is 17.9 Å². The van der Waals surface area contributed by atoms with Crippen LogP contribution in [0.4, 0.5) is 0 Å². The van der Waals surface area contributed by atoms with Crippen LogP contribution in [0.5, 0.6) is 0 Å². The van der Waals surface area contributed by atoms with E-state index in [-0.39, 0.29) is 30.0 Å². The molecule has 0 saturated carbocycles. The first-order valence-corrected chi connectivity index (χ1v) is 10.9. The van der Waals surface area contributed by atoms with Crippen LogP contribution in [0, 0.1) is 6.92 Å². The largest absolute Gasteiger partial charge is 0.464 e. The van der Waals surface area contributed by atoms with Crippen LogP contribution >= 0.6 is 0 Å². The van der Waals surface area contributed by atoms with E-state index in [4.69, 9.17) is 4.74 Å². The Bertz CT molecular complexity index is 958. The van der Waals surface area contributed by atoms with Crippen molar-refractivity contribution in [3.05, 3.63) is 65.2 Å². The molecule has 0 aromatic heterocycles. The van der Waals surface area contributed by atoms with Crippen LogP contribution in [0.1, 0.15) is 35.3 Å². The minimum absolute atomic E-state index is 0.00848. The summed E-state index contributed by atoms with van der Waals surface area (Å²) in [5.74, 6) is -1.08. The second-order valence-electron chi connectivity index (χ2n) is 6.45. The number of amides is 1. The zero-order valence-corrected chi connectivity index (χ0v) is 17.6. The van der Waals surface area contributed by atoms with Gasteiger partial charge in [0, 0.05) is 18.5 Å². The fourth-order valence-electron chi connectivity index (χ4n) is 2.81. The van der Waals surface area contributed by atoms with E-state index < -0.39 is 27.9 Å². The highest BCUT2D eigenvalue weighted by Gasteiger charge is 2.25. The molecule has 2 rings (SSSR count). The third-order valence-corrected chi connectivity index (χ3v) is 5.80. The molecule has 1 amide bonds. The average Bonchev–Trinajstić information content (AvgIpc) is 2.68. The zero-order valence-electron chi connectivity index (χ0n) is 16.8. The van der Waals surface area contributed by atoms with Gasteiger partial charge in [0.15, 0.2) is 0 Å². The number of benzene rings is 2. The summed E-state index contributed by atoms with van der Waals surface area (Å²) in [6.45, 7) is 5.50. The second kappa shape index (κ2) is 10.2. The summed E-state index contributed by atoms with van der Waals surface area (Å²) < 4.78 is 32.0. The molecule has 1 unspecified atom stereocenters. The highest BCUT2D eigenvalue weighted by Crippen LogP contribution is 2.16. The number of aryl methyl sites for hydroxylation is 1. The molecular weight excluding hydrogens is 392 g/mol. The van der Waals surface area contributed by atoms with Gasteiger partial charge in [0.05, 0.1) is 11.5 Å². The minimum Gasteiger partial charge on any atom is -0.464 e. The van der Waals surface area contributed by atoms with Gasteiger partial charge in [-0.05, 0) is 37.1 Å². The molecule has 156 valence electrons. The Kier molecular flexibility index (Phi) is 7.92. The Balaban J connectivity index is 2.29. The molecule has 0 spiro atoms. The molecular formula is C21H26N2O5S. The van der Waals surface area contributed by atoms with E-state index >= 15 is 0 Å². The normalized spacial score (nSPS) is 12.2. The Morgan fingerprint density at radius 2 is 1.76 bits per heavy atom. The summed E-state index contributed by atoms with van der Waals surface area (Å²) >= 11 is 0. The summed E-state index contributed by atoms with van der Waals surface area (Å²) in [5.41, 5.74) is 1.65. The molecule has 0 heterocycles. The lowest BCUT2D eigenvalue weighted by Gasteiger charge is -2.18. The van der Waals surface area contributed by atoms with Crippen LogP contribution in [0.25, 0.3) is 0 Å². The number of hydrogen-bond donors (Lipinski definition) is 2. The predicted octanol–water partition coefficient (Wildman–Crippen LogP) is 2.20. The maximum absolute atomic E-state index is 12.9. The second-order valence-corrected chi connectivity index (χ2v) is 8.21. The standard InChI is InChI=1S/C21H26N2O5S/c1-4-22-29(26,27)17-12-11-15(3)18(14-17)20(24)23-19(21(25)28-5-2)13-16-9-7-6-8-10-16/h6-12,14,19,22H,4-5,13H2,1-3H3,(H,23,24). The van der Waals surface area contributed by atoms with Crippen LogP contribution in [0.2, 0.25) is 0 Å². The number of rotatable bonds is 9. The molecule has 2 aromatic carbocycles. The first-order chi connectivity index (χ1) is 13.8. The van der Waals surface area contributed by atoms with Crippen molar-refractivity contribution in [3.63, 3.8) is 0 Å². The summed E-state index contributed by atoms with van der Waals surface area (Å²) in [4.78, 5) is 25.2. The number of carbonyl (C=O) groups excluding carboxylic acids is 2. The van der Waals surface area contributed by atoms with E-state index in [1.54, 1.807) is 26.8 Å². The number of carbonyl (C=O) groups is 2. The van der Waals surface area contributed by atoms with E-state index in [1.807, 2.05) is 30.3 Å². The molecule has 7 nitrogen and oxygen atoms in total. The number of esters is 1. The van der Waals surface area contributed by atoms with E-state index in [1.165, 1.54) is 12.1 Å². The van der Waals surface area contributed by atoms with Crippen molar-refractivity contribution < 1.29 is 22.7 Å². The van der Waals surface area contributed by atoms with Crippen molar-refractivity contribution in [1.82, 2.24) is 10.0 Å². The van der Waals surface area contributed by atoms with Crippen molar-refractivity contribution in [2.24, 2.45) is 0 Å². The minimum atomic E-state index is -3.71. The van der Waals surface area contributed by atoms with Crippen LogP contribution < -0.4 is 10.0 Å². The molecule has 0 aliphatic rings. The lowest BCUT2D eigenvalue weighted by atomic mass is 10.0. The molecule has 0 bridgehead atoms. The molecule has 29 heavy (non-hydrogen) atoms. The van der Waals surface area contributed by atoms with Crippen molar-refractivity contribution in [2.75, 3.05) is 13.2 Å². The van der Waals surface area contributed by atoms with Gasteiger partial charge in [-0.1, -0.05) is 43.3 Å². The highest BCUT2D eigenvalue weighted by atomic mass is 32.2. The molecule has 0 saturated heterocycles. The molecule has 0 aliphatic carbocycles. The molecule has 0 radical (unpaired) electrons.